The Morgan fingerprint density at radius 3 is 1.80 bits per heavy atom. The van der Waals surface area contributed by atoms with Crippen LogP contribution in [0.4, 0.5) is 0 Å². The summed E-state index contributed by atoms with van der Waals surface area (Å²) >= 11 is 0. The fraction of sp³-hybridized carbons (Fsp3) is 0.941. The lowest BCUT2D eigenvalue weighted by molar-refractivity contribution is -0.139. The molecule has 0 spiro atoms. The molecular formula is C17H33NO2. The van der Waals surface area contributed by atoms with Gasteiger partial charge in [-0.25, -0.2) is 0 Å². The molecule has 0 aromatic rings. The van der Waals surface area contributed by atoms with E-state index in [0.717, 1.165) is 25.8 Å². The second kappa shape index (κ2) is 10.2. The summed E-state index contributed by atoms with van der Waals surface area (Å²) in [5, 5.41) is 12.9. The van der Waals surface area contributed by atoms with Crippen molar-refractivity contribution in [2.75, 3.05) is 6.54 Å². The number of hydrogen-bond acceptors (Lipinski definition) is 2. The van der Waals surface area contributed by atoms with E-state index in [1.54, 1.807) is 0 Å². The molecule has 0 aliphatic heterocycles. The standard InChI is InChI=1S/C17H33NO2/c1-2-14-18-17(15-16(19)20)12-10-8-6-4-3-5-7-9-11-13-17/h18H,2-15H2,1H3,(H,19,20). The second-order valence-electron chi connectivity index (χ2n) is 6.46. The average molecular weight is 283 g/mol. The molecule has 0 aromatic heterocycles. The molecule has 0 aromatic carbocycles. The molecule has 118 valence electrons. The molecule has 0 saturated heterocycles. The van der Waals surface area contributed by atoms with Gasteiger partial charge >= 0.3 is 5.97 Å². The lowest BCUT2D eigenvalue weighted by Gasteiger charge is -2.34. The first-order chi connectivity index (χ1) is 9.68. The maximum atomic E-state index is 11.3. The highest BCUT2D eigenvalue weighted by atomic mass is 16.4. The van der Waals surface area contributed by atoms with Crippen molar-refractivity contribution >= 4 is 5.97 Å². The largest absolute Gasteiger partial charge is 0.481 e. The third-order valence-corrected chi connectivity index (χ3v) is 4.55. The number of hydrogen-bond donors (Lipinski definition) is 2. The van der Waals surface area contributed by atoms with Gasteiger partial charge in [0.1, 0.15) is 0 Å². The number of carboxylic acid groups (broad SMARTS) is 1. The van der Waals surface area contributed by atoms with Crippen molar-refractivity contribution in [2.45, 2.75) is 95.9 Å². The van der Waals surface area contributed by atoms with Crippen molar-refractivity contribution in [1.82, 2.24) is 5.32 Å². The summed E-state index contributed by atoms with van der Waals surface area (Å²) in [6.45, 7) is 3.09. The van der Waals surface area contributed by atoms with Crippen molar-refractivity contribution in [3.63, 3.8) is 0 Å². The molecule has 1 saturated carbocycles. The van der Waals surface area contributed by atoms with E-state index >= 15 is 0 Å². The van der Waals surface area contributed by atoms with Crippen LogP contribution in [0.2, 0.25) is 0 Å². The minimum absolute atomic E-state index is 0.152. The molecule has 2 N–H and O–H groups in total. The first kappa shape index (κ1) is 17.5. The summed E-state index contributed by atoms with van der Waals surface area (Å²) in [6.07, 6.45) is 15.0. The van der Waals surface area contributed by atoms with E-state index in [9.17, 15) is 9.90 Å². The minimum atomic E-state index is -0.652. The van der Waals surface area contributed by atoms with Crippen LogP contribution in [0.3, 0.4) is 0 Å². The summed E-state index contributed by atoms with van der Waals surface area (Å²) in [6, 6.07) is 0. The molecule has 1 aliphatic carbocycles. The number of aliphatic carboxylic acids is 1. The molecule has 3 heteroatoms. The summed E-state index contributed by atoms with van der Waals surface area (Å²) in [4.78, 5) is 11.3. The third kappa shape index (κ3) is 7.28. The Bertz CT molecular complexity index is 254. The van der Waals surface area contributed by atoms with Gasteiger partial charge in [-0.3, -0.25) is 4.79 Å². The molecule has 0 radical (unpaired) electrons. The molecule has 3 nitrogen and oxygen atoms in total. The topological polar surface area (TPSA) is 49.3 Å². The lowest BCUT2D eigenvalue weighted by Crippen LogP contribution is -2.47. The highest BCUT2D eigenvalue weighted by Gasteiger charge is 2.31. The molecule has 1 aliphatic rings. The maximum absolute atomic E-state index is 11.3. The molecule has 20 heavy (non-hydrogen) atoms. The molecule has 0 amide bonds. The first-order valence-corrected chi connectivity index (χ1v) is 8.65. The SMILES string of the molecule is CCCNC1(CC(=O)O)CCCCCCCCCCC1. The van der Waals surface area contributed by atoms with Crippen LogP contribution in [0.25, 0.3) is 0 Å². The van der Waals surface area contributed by atoms with Gasteiger partial charge in [0.2, 0.25) is 0 Å². The van der Waals surface area contributed by atoms with Gasteiger partial charge in [0, 0.05) is 5.54 Å². The Labute approximate surface area is 124 Å². The van der Waals surface area contributed by atoms with Crippen LogP contribution in [0.15, 0.2) is 0 Å². The predicted molar refractivity (Wildman–Crippen MR) is 84.1 cm³/mol. The van der Waals surface area contributed by atoms with E-state index < -0.39 is 5.97 Å². The van der Waals surface area contributed by atoms with E-state index in [1.165, 1.54) is 57.8 Å². The zero-order chi connectivity index (χ0) is 14.7. The summed E-state index contributed by atoms with van der Waals surface area (Å²) in [5.41, 5.74) is -0.152. The van der Waals surface area contributed by atoms with Crippen LogP contribution in [0.5, 0.6) is 0 Å². The smallest absolute Gasteiger partial charge is 0.305 e. The van der Waals surface area contributed by atoms with Crippen LogP contribution < -0.4 is 5.32 Å². The molecule has 1 fully saturated rings. The quantitative estimate of drug-likeness (QED) is 0.780. The van der Waals surface area contributed by atoms with Gasteiger partial charge in [-0.2, -0.15) is 0 Å². The van der Waals surface area contributed by atoms with Crippen molar-refractivity contribution in [2.24, 2.45) is 0 Å². The van der Waals surface area contributed by atoms with Crippen LogP contribution in [-0.2, 0) is 4.79 Å². The molecule has 0 heterocycles. The Morgan fingerprint density at radius 1 is 0.950 bits per heavy atom. The molecule has 0 bridgehead atoms. The highest BCUT2D eigenvalue weighted by molar-refractivity contribution is 5.68. The van der Waals surface area contributed by atoms with Gasteiger partial charge in [-0.15, -0.1) is 0 Å². The molecule has 0 atom stereocenters. The van der Waals surface area contributed by atoms with Gasteiger partial charge in [-0.05, 0) is 25.8 Å². The van der Waals surface area contributed by atoms with Crippen LogP contribution in [-0.4, -0.2) is 23.2 Å². The van der Waals surface area contributed by atoms with E-state index in [0.29, 0.717) is 0 Å². The van der Waals surface area contributed by atoms with E-state index in [-0.39, 0.29) is 12.0 Å². The van der Waals surface area contributed by atoms with Crippen LogP contribution in [0, 0.1) is 0 Å². The Balaban J connectivity index is 2.62. The van der Waals surface area contributed by atoms with Crippen molar-refractivity contribution in [3.05, 3.63) is 0 Å². The van der Waals surface area contributed by atoms with Crippen LogP contribution >= 0.6 is 0 Å². The fourth-order valence-electron chi connectivity index (χ4n) is 3.38. The third-order valence-electron chi connectivity index (χ3n) is 4.55. The maximum Gasteiger partial charge on any atom is 0.305 e. The Morgan fingerprint density at radius 2 is 1.40 bits per heavy atom. The van der Waals surface area contributed by atoms with Crippen molar-refractivity contribution in [1.29, 1.82) is 0 Å². The summed E-state index contributed by atoms with van der Waals surface area (Å²) in [7, 11) is 0. The first-order valence-electron chi connectivity index (χ1n) is 8.65. The zero-order valence-corrected chi connectivity index (χ0v) is 13.3. The van der Waals surface area contributed by atoms with Crippen LogP contribution in [0.1, 0.15) is 90.4 Å². The van der Waals surface area contributed by atoms with Gasteiger partial charge < -0.3 is 10.4 Å². The van der Waals surface area contributed by atoms with Crippen molar-refractivity contribution in [3.8, 4) is 0 Å². The summed E-state index contributed by atoms with van der Waals surface area (Å²) in [5.74, 6) is -0.652. The zero-order valence-electron chi connectivity index (χ0n) is 13.3. The van der Waals surface area contributed by atoms with Gasteiger partial charge in [-0.1, -0.05) is 64.7 Å². The summed E-state index contributed by atoms with van der Waals surface area (Å²) < 4.78 is 0. The molecular weight excluding hydrogens is 250 g/mol. The molecule has 1 rings (SSSR count). The van der Waals surface area contributed by atoms with E-state index in [4.69, 9.17) is 0 Å². The predicted octanol–water partition coefficient (Wildman–Crippen LogP) is 4.50. The highest BCUT2D eigenvalue weighted by Crippen LogP contribution is 2.28. The normalized spacial score (nSPS) is 21.6. The number of nitrogens with one attached hydrogen (secondary N) is 1. The second-order valence-corrected chi connectivity index (χ2v) is 6.46. The molecule has 0 unspecified atom stereocenters. The van der Waals surface area contributed by atoms with E-state index in [2.05, 4.69) is 12.2 Å². The number of carboxylic acids is 1. The average Bonchev–Trinajstić information content (AvgIpc) is 2.40. The monoisotopic (exact) mass is 283 g/mol. The van der Waals surface area contributed by atoms with Crippen molar-refractivity contribution < 1.29 is 9.90 Å². The Hall–Kier alpha value is -0.570. The van der Waals surface area contributed by atoms with E-state index in [1.807, 2.05) is 0 Å². The minimum Gasteiger partial charge on any atom is -0.481 e. The number of carbonyl (C=O) groups is 1. The van der Waals surface area contributed by atoms with Gasteiger partial charge in [0.05, 0.1) is 6.42 Å². The fourth-order valence-corrected chi connectivity index (χ4v) is 3.38. The van der Waals surface area contributed by atoms with Gasteiger partial charge in [0.25, 0.3) is 0 Å². The Kier molecular flexibility index (Phi) is 8.92. The van der Waals surface area contributed by atoms with Gasteiger partial charge in [0.15, 0.2) is 0 Å². The number of rotatable bonds is 5. The lowest BCUT2D eigenvalue weighted by atomic mass is 9.82.